The summed E-state index contributed by atoms with van der Waals surface area (Å²) in [5.74, 6) is 2.17. The Labute approximate surface area is 156 Å². The maximum atomic E-state index is 9.21. The molecule has 0 saturated heterocycles. The summed E-state index contributed by atoms with van der Waals surface area (Å²) in [6.07, 6.45) is 9.59. The number of hydrogen-bond donors (Lipinski definition) is 2. The molecule has 0 aliphatic rings. The highest BCUT2D eigenvalue weighted by atomic mass is 16.5. The van der Waals surface area contributed by atoms with E-state index >= 15 is 0 Å². The van der Waals surface area contributed by atoms with Gasteiger partial charge in [-0.15, -0.1) is 0 Å². The summed E-state index contributed by atoms with van der Waals surface area (Å²) in [4.78, 5) is 0. The van der Waals surface area contributed by atoms with Crippen LogP contribution in [0, 0.1) is 0 Å². The van der Waals surface area contributed by atoms with Crippen molar-refractivity contribution < 1.29 is 19.7 Å². The minimum absolute atomic E-state index is 0.268. The first kappa shape index (κ1) is 20.0. The Morgan fingerprint density at radius 1 is 0.462 bits per heavy atom. The minimum Gasteiger partial charge on any atom is -0.508 e. The molecule has 0 atom stereocenters. The van der Waals surface area contributed by atoms with Crippen LogP contribution in [0.25, 0.3) is 0 Å². The Morgan fingerprint density at radius 3 is 1.12 bits per heavy atom. The maximum Gasteiger partial charge on any atom is 0.119 e. The number of phenolic OH excluding ortho intramolecular Hbond substituents is 2. The van der Waals surface area contributed by atoms with Crippen molar-refractivity contribution >= 4 is 0 Å². The van der Waals surface area contributed by atoms with E-state index in [0.29, 0.717) is 0 Å². The average Bonchev–Trinajstić information content (AvgIpc) is 2.65. The first-order chi connectivity index (χ1) is 12.7. The molecular formula is C22H30O4. The van der Waals surface area contributed by atoms with Crippen LogP contribution in [0.15, 0.2) is 48.5 Å². The highest BCUT2D eigenvalue weighted by Crippen LogP contribution is 2.17. The lowest BCUT2D eigenvalue weighted by molar-refractivity contribution is 0.300. The van der Waals surface area contributed by atoms with E-state index in [1.165, 1.54) is 38.5 Å². The van der Waals surface area contributed by atoms with Gasteiger partial charge < -0.3 is 19.7 Å². The minimum atomic E-state index is 0.268. The second-order valence-electron chi connectivity index (χ2n) is 6.51. The van der Waals surface area contributed by atoms with E-state index in [0.717, 1.165) is 37.6 Å². The summed E-state index contributed by atoms with van der Waals surface area (Å²) in [6, 6.07) is 13.7. The molecule has 0 aromatic heterocycles. The van der Waals surface area contributed by atoms with Crippen molar-refractivity contribution in [3.8, 4) is 23.0 Å². The molecule has 0 saturated carbocycles. The third kappa shape index (κ3) is 8.65. The van der Waals surface area contributed by atoms with Crippen molar-refractivity contribution in [2.24, 2.45) is 0 Å². The van der Waals surface area contributed by atoms with Gasteiger partial charge in [-0.1, -0.05) is 38.5 Å². The Hall–Kier alpha value is -2.36. The smallest absolute Gasteiger partial charge is 0.119 e. The third-order valence-corrected chi connectivity index (χ3v) is 4.25. The second-order valence-corrected chi connectivity index (χ2v) is 6.51. The maximum absolute atomic E-state index is 9.21. The van der Waals surface area contributed by atoms with Gasteiger partial charge in [0, 0.05) is 0 Å². The fraction of sp³-hybridized carbons (Fsp3) is 0.455. The molecule has 0 radical (unpaired) electrons. The zero-order valence-corrected chi connectivity index (χ0v) is 15.4. The molecule has 4 nitrogen and oxygen atoms in total. The molecule has 2 aromatic rings. The molecule has 0 amide bonds. The number of phenols is 2. The normalized spacial score (nSPS) is 10.6. The van der Waals surface area contributed by atoms with E-state index in [1.54, 1.807) is 48.5 Å². The van der Waals surface area contributed by atoms with Crippen molar-refractivity contribution in [2.75, 3.05) is 13.2 Å². The number of aromatic hydroxyl groups is 2. The number of benzene rings is 2. The highest BCUT2D eigenvalue weighted by molar-refractivity contribution is 5.30. The molecule has 2 N–H and O–H groups in total. The largest absolute Gasteiger partial charge is 0.508 e. The zero-order chi connectivity index (χ0) is 18.5. The van der Waals surface area contributed by atoms with E-state index < -0.39 is 0 Å². The van der Waals surface area contributed by atoms with Gasteiger partial charge in [-0.05, 0) is 61.4 Å². The van der Waals surface area contributed by atoms with Crippen molar-refractivity contribution in [3.63, 3.8) is 0 Å². The first-order valence-corrected chi connectivity index (χ1v) is 9.58. The van der Waals surface area contributed by atoms with E-state index in [4.69, 9.17) is 9.47 Å². The molecule has 0 aliphatic heterocycles. The molecule has 0 spiro atoms. The zero-order valence-electron chi connectivity index (χ0n) is 15.4. The van der Waals surface area contributed by atoms with Gasteiger partial charge in [0.1, 0.15) is 23.0 Å². The van der Waals surface area contributed by atoms with Crippen molar-refractivity contribution in [1.82, 2.24) is 0 Å². The summed E-state index contributed by atoms with van der Waals surface area (Å²) in [6.45, 7) is 1.47. The summed E-state index contributed by atoms with van der Waals surface area (Å²) in [5.41, 5.74) is 0. The van der Waals surface area contributed by atoms with Crippen molar-refractivity contribution in [1.29, 1.82) is 0 Å². The second kappa shape index (κ2) is 12.1. The van der Waals surface area contributed by atoms with Crippen molar-refractivity contribution in [2.45, 2.75) is 51.4 Å². The van der Waals surface area contributed by atoms with Gasteiger partial charge in [0.2, 0.25) is 0 Å². The predicted octanol–water partition coefficient (Wildman–Crippen LogP) is 5.68. The van der Waals surface area contributed by atoms with E-state index in [9.17, 15) is 10.2 Å². The third-order valence-electron chi connectivity index (χ3n) is 4.25. The number of hydrogen-bond acceptors (Lipinski definition) is 4. The predicted molar refractivity (Wildman–Crippen MR) is 104 cm³/mol. The monoisotopic (exact) mass is 358 g/mol. The van der Waals surface area contributed by atoms with Crippen LogP contribution in [-0.4, -0.2) is 23.4 Å². The van der Waals surface area contributed by atoms with Gasteiger partial charge in [0.05, 0.1) is 13.2 Å². The Morgan fingerprint density at radius 2 is 0.769 bits per heavy atom. The average molecular weight is 358 g/mol. The molecule has 4 heteroatoms. The number of unbranched alkanes of at least 4 members (excludes halogenated alkanes) is 7. The van der Waals surface area contributed by atoms with Crippen LogP contribution in [0.2, 0.25) is 0 Å². The number of rotatable bonds is 13. The molecule has 0 aliphatic carbocycles. The van der Waals surface area contributed by atoms with Crippen LogP contribution in [-0.2, 0) is 0 Å². The molecule has 0 bridgehead atoms. The fourth-order valence-corrected chi connectivity index (χ4v) is 2.73. The molecule has 26 heavy (non-hydrogen) atoms. The Kier molecular flexibility index (Phi) is 9.26. The summed E-state index contributed by atoms with van der Waals surface area (Å²) in [5, 5.41) is 18.4. The van der Waals surface area contributed by atoms with Crippen LogP contribution in [0.1, 0.15) is 51.4 Å². The summed E-state index contributed by atoms with van der Waals surface area (Å²) < 4.78 is 11.3. The van der Waals surface area contributed by atoms with E-state index in [1.807, 2.05) is 0 Å². The van der Waals surface area contributed by atoms with Crippen LogP contribution in [0.4, 0.5) is 0 Å². The fourth-order valence-electron chi connectivity index (χ4n) is 2.73. The highest BCUT2D eigenvalue weighted by Gasteiger charge is 1.97. The van der Waals surface area contributed by atoms with Gasteiger partial charge >= 0.3 is 0 Å². The van der Waals surface area contributed by atoms with Crippen LogP contribution < -0.4 is 9.47 Å². The Balaban J connectivity index is 1.35. The van der Waals surface area contributed by atoms with Gasteiger partial charge in [0.15, 0.2) is 0 Å². The standard InChI is InChI=1S/C22H30O4/c23-19-9-13-21(14-10-19)25-17-7-5-3-1-2-4-6-8-18-26-22-15-11-20(24)12-16-22/h9-16,23-24H,1-8,17-18H2. The molecular weight excluding hydrogens is 328 g/mol. The van der Waals surface area contributed by atoms with Gasteiger partial charge in [-0.2, -0.15) is 0 Å². The topological polar surface area (TPSA) is 58.9 Å². The molecule has 142 valence electrons. The van der Waals surface area contributed by atoms with Gasteiger partial charge in [-0.25, -0.2) is 0 Å². The van der Waals surface area contributed by atoms with E-state index in [2.05, 4.69) is 0 Å². The SMILES string of the molecule is Oc1ccc(OCCCCCCCCCCOc2ccc(O)cc2)cc1. The van der Waals surface area contributed by atoms with Crippen molar-refractivity contribution in [3.05, 3.63) is 48.5 Å². The number of ether oxygens (including phenoxy) is 2. The molecule has 2 aromatic carbocycles. The molecule has 2 rings (SSSR count). The molecule has 0 fully saturated rings. The van der Waals surface area contributed by atoms with Gasteiger partial charge in [-0.3, -0.25) is 0 Å². The molecule has 0 heterocycles. The quantitative estimate of drug-likeness (QED) is 0.453. The van der Waals surface area contributed by atoms with Crippen LogP contribution in [0.5, 0.6) is 23.0 Å². The van der Waals surface area contributed by atoms with E-state index in [-0.39, 0.29) is 11.5 Å². The van der Waals surface area contributed by atoms with Gasteiger partial charge in [0.25, 0.3) is 0 Å². The van der Waals surface area contributed by atoms with Crippen LogP contribution >= 0.6 is 0 Å². The first-order valence-electron chi connectivity index (χ1n) is 9.58. The summed E-state index contributed by atoms with van der Waals surface area (Å²) in [7, 11) is 0. The lowest BCUT2D eigenvalue weighted by atomic mass is 10.1. The molecule has 0 unspecified atom stereocenters. The van der Waals surface area contributed by atoms with Crippen LogP contribution in [0.3, 0.4) is 0 Å². The lowest BCUT2D eigenvalue weighted by Gasteiger charge is -2.07. The lowest BCUT2D eigenvalue weighted by Crippen LogP contribution is -1.97. The summed E-state index contributed by atoms with van der Waals surface area (Å²) >= 11 is 0. The Bertz CT molecular complexity index is 537.